The third-order valence-electron chi connectivity index (χ3n) is 4.75. The molecule has 0 bridgehead atoms. The summed E-state index contributed by atoms with van der Waals surface area (Å²) in [6.07, 6.45) is 0. The highest BCUT2D eigenvalue weighted by atomic mass is 79.9. The van der Waals surface area contributed by atoms with Gasteiger partial charge in [-0.2, -0.15) is 0 Å². The van der Waals surface area contributed by atoms with Gasteiger partial charge in [-0.1, -0.05) is 27.3 Å². The highest BCUT2D eigenvalue weighted by Gasteiger charge is 2.21. The van der Waals surface area contributed by atoms with Crippen molar-refractivity contribution in [1.29, 1.82) is 0 Å². The van der Waals surface area contributed by atoms with Crippen LogP contribution in [0.3, 0.4) is 0 Å². The number of likely N-dealkylation sites (N-methyl/N-ethyl adjacent to an activating group) is 1. The molecule has 8 heteroatoms. The van der Waals surface area contributed by atoms with Gasteiger partial charge in [-0.3, -0.25) is 14.9 Å². The van der Waals surface area contributed by atoms with Crippen LogP contribution in [0.15, 0.2) is 46.9 Å². The molecule has 0 unspecified atom stereocenters. The van der Waals surface area contributed by atoms with Gasteiger partial charge in [-0.05, 0) is 49.5 Å². The number of amides is 2. The quantitative estimate of drug-likeness (QED) is 0.649. The Morgan fingerprint density at radius 1 is 1.04 bits per heavy atom. The maximum atomic E-state index is 12.8. The molecule has 28 heavy (non-hydrogen) atoms. The predicted octanol–water partition coefficient (Wildman–Crippen LogP) is 3.70. The van der Waals surface area contributed by atoms with E-state index in [0.717, 1.165) is 40.9 Å². The van der Waals surface area contributed by atoms with Crippen LogP contribution < -0.4 is 5.32 Å². The SMILES string of the molecule is CN1CCN(C(=O)c2ccc3nc(NC(=O)c4ccc(Br)cc4)sc3c2)CC1. The number of halogens is 1. The minimum absolute atomic E-state index is 0.0452. The number of aromatic nitrogens is 1. The molecule has 0 radical (unpaired) electrons. The van der Waals surface area contributed by atoms with E-state index in [-0.39, 0.29) is 11.8 Å². The minimum Gasteiger partial charge on any atom is -0.336 e. The average Bonchev–Trinajstić information content (AvgIpc) is 3.09. The third kappa shape index (κ3) is 4.09. The Kier molecular flexibility index (Phi) is 5.43. The summed E-state index contributed by atoms with van der Waals surface area (Å²) < 4.78 is 1.80. The summed E-state index contributed by atoms with van der Waals surface area (Å²) in [5.41, 5.74) is 1.99. The Balaban J connectivity index is 1.50. The second-order valence-corrected chi connectivity index (χ2v) is 8.70. The van der Waals surface area contributed by atoms with Crippen LogP contribution in [-0.4, -0.2) is 59.8 Å². The van der Waals surface area contributed by atoms with Gasteiger partial charge in [0.2, 0.25) is 0 Å². The van der Waals surface area contributed by atoms with Crippen LogP contribution in [0.4, 0.5) is 5.13 Å². The molecular formula is C20H19BrN4O2S. The molecular weight excluding hydrogens is 440 g/mol. The van der Waals surface area contributed by atoms with Crippen LogP contribution in [0.2, 0.25) is 0 Å². The van der Waals surface area contributed by atoms with Gasteiger partial charge in [0.05, 0.1) is 10.2 Å². The van der Waals surface area contributed by atoms with Crippen molar-refractivity contribution in [2.24, 2.45) is 0 Å². The molecule has 1 N–H and O–H groups in total. The van der Waals surface area contributed by atoms with Gasteiger partial charge < -0.3 is 9.80 Å². The smallest absolute Gasteiger partial charge is 0.257 e. The number of nitrogens with zero attached hydrogens (tertiary/aromatic N) is 3. The van der Waals surface area contributed by atoms with Crippen molar-refractivity contribution < 1.29 is 9.59 Å². The van der Waals surface area contributed by atoms with Gasteiger partial charge in [0, 0.05) is 41.8 Å². The first-order valence-electron chi connectivity index (χ1n) is 8.95. The first-order valence-corrected chi connectivity index (χ1v) is 10.6. The molecule has 2 amide bonds. The summed E-state index contributed by atoms with van der Waals surface area (Å²) >= 11 is 4.73. The van der Waals surface area contributed by atoms with E-state index in [1.165, 1.54) is 11.3 Å². The van der Waals surface area contributed by atoms with Crippen molar-refractivity contribution in [3.05, 3.63) is 58.1 Å². The number of benzene rings is 2. The number of thiazole rings is 1. The number of fused-ring (bicyclic) bond motifs is 1. The van der Waals surface area contributed by atoms with Crippen molar-refractivity contribution in [2.45, 2.75) is 0 Å². The lowest BCUT2D eigenvalue weighted by atomic mass is 10.1. The molecule has 1 saturated heterocycles. The van der Waals surface area contributed by atoms with Gasteiger partial charge in [0.1, 0.15) is 0 Å². The molecule has 0 aliphatic carbocycles. The monoisotopic (exact) mass is 458 g/mol. The van der Waals surface area contributed by atoms with Crippen LogP contribution in [0.1, 0.15) is 20.7 Å². The zero-order valence-electron chi connectivity index (χ0n) is 15.3. The summed E-state index contributed by atoms with van der Waals surface area (Å²) in [5.74, 6) is -0.163. The number of hydrogen-bond donors (Lipinski definition) is 1. The fourth-order valence-electron chi connectivity index (χ4n) is 3.07. The minimum atomic E-state index is -0.208. The lowest BCUT2D eigenvalue weighted by molar-refractivity contribution is 0.0664. The number of nitrogens with one attached hydrogen (secondary N) is 1. The Bertz CT molecular complexity index is 1030. The van der Waals surface area contributed by atoms with E-state index in [0.29, 0.717) is 16.3 Å². The van der Waals surface area contributed by atoms with E-state index >= 15 is 0 Å². The molecule has 1 aliphatic heterocycles. The van der Waals surface area contributed by atoms with Gasteiger partial charge in [-0.15, -0.1) is 0 Å². The van der Waals surface area contributed by atoms with Crippen LogP contribution in [0.25, 0.3) is 10.2 Å². The molecule has 0 saturated carbocycles. The summed E-state index contributed by atoms with van der Waals surface area (Å²) in [7, 11) is 2.06. The number of anilines is 1. The van der Waals surface area contributed by atoms with Crippen LogP contribution in [0, 0.1) is 0 Å². The van der Waals surface area contributed by atoms with Crippen LogP contribution >= 0.6 is 27.3 Å². The van der Waals surface area contributed by atoms with Crippen molar-refractivity contribution in [1.82, 2.24) is 14.8 Å². The molecule has 1 fully saturated rings. The second-order valence-electron chi connectivity index (χ2n) is 6.76. The highest BCUT2D eigenvalue weighted by Crippen LogP contribution is 2.28. The number of rotatable bonds is 3. The standard InChI is InChI=1S/C20H19BrN4O2S/c1-24-8-10-25(11-9-24)19(27)14-4-7-16-17(12-14)28-20(22-16)23-18(26)13-2-5-15(21)6-3-13/h2-7,12H,8-11H2,1H3,(H,22,23,26). The summed E-state index contributed by atoms with van der Waals surface area (Å²) in [4.78, 5) is 33.7. The van der Waals surface area contributed by atoms with Gasteiger partial charge in [-0.25, -0.2) is 4.98 Å². The number of carbonyl (C=O) groups excluding carboxylic acids is 2. The molecule has 1 aliphatic rings. The van der Waals surface area contributed by atoms with Crippen molar-refractivity contribution in [3.8, 4) is 0 Å². The van der Waals surface area contributed by atoms with E-state index in [4.69, 9.17) is 0 Å². The largest absolute Gasteiger partial charge is 0.336 e. The topological polar surface area (TPSA) is 65.5 Å². The van der Waals surface area contributed by atoms with Crippen molar-refractivity contribution in [2.75, 3.05) is 38.5 Å². The lowest BCUT2D eigenvalue weighted by Crippen LogP contribution is -2.47. The molecule has 0 spiro atoms. The van der Waals surface area contributed by atoms with E-state index in [9.17, 15) is 9.59 Å². The average molecular weight is 459 g/mol. The van der Waals surface area contributed by atoms with E-state index in [2.05, 4.69) is 38.2 Å². The molecule has 144 valence electrons. The fraction of sp³-hybridized carbons (Fsp3) is 0.250. The van der Waals surface area contributed by atoms with E-state index in [1.807, 2.05) is 35.2 Å². The highest BCUT2D eigenvalue weighted by molar-refractivity contribution is 9.10. The Labute approximate surface area is 175 Å². The summed E-state index contributed by atoms with van der Waals surface area (Å²) in [5, 5.41) is 3.36. The molecule has 6 nitrogen and oxygen atoms in total. The molecule has 1 aromatic heterocycles. The summed E-state index contributed by atoms with van der Waals surface area (Å²) in [6, 6.07) is 12.7. The Hall–Kier alpha value is -2.29. The Morgan fingerprint density at radius 3 is 2.43 bits per heavy atom. The fourth-order valence-corrected chi connectivity index (χ4v) is 4.24. The van der Waals surface area contributed by atoms with Crippen LogP contribution in [0.5, 0.6) is 0 Å². The van der Waals surface area contributed by atoms with Crippen molar-refractivity contribution in [3.63, 3.8) is 0 Å². The number of carbonyl (C=O) groups is 2. The molecule has 3 aromatic rings. The maximum Gasteiger partial charge on any atom is 0.257 e. The maximum absolute atomic E-state index is 12.8. The zero-order valence-corrected chi connectivity index (χ0v) is 17.7. The zero-order chi connectivity index (χ0) is 19.7. The second kappa shape index (κ2) is 7.98. The van der Waals surface area contributed by atoms with Gasteiger partial charge >= 0.3 is 0 Å². The normalized spacial score (nSPS) is 15.0. The number of piperazine rings is 1. The molecule has 4 rings (SSSR count). The molecule has 2 heterocycles. The molecule has 0 atom stereocenters. The summed E-state index contributed by atoms with van der Waals surface area (Å²) in [6.45, 7) is 3.26. The molecule has 2 aromatic carbocycles. The van der Waals surface area contributed by atoms with Gasteiger partial charge in [0.25, 0.3) is 11.8 Å². The van der Waals surface area contributed by atoms with Crippen LogP contribution in [-0.2, 0) is 0 Å². The first kappa shape index (κ1) is 19.0. The van der Waals surface area contributed by atoms with Gasteiger partial charge in [0.15, 0.2) is 5.13 Å². The lowest BCUT2D eigenvalue weighted by Gasteiger charge is -2.32. The van der Waals surface area contributed by atoms with E-state index < -0.39 is 0 Å². The first-order chi connectivity index (χ1) is 13.5. The number of hydrogen-bond acceptors (Lipinski definition) is 5. The third-order valence-corrected chi connectivity index (χ3v) is 6.22. The Morgan fingerprint density at radius 2 is 1.71 bits per heavy atom. The van der Waals surface area contributed by atoms with Crippen molar-refractivity contribution >= 4 is 54.4 Å². The van der Waals surface area contributed by atoms with E-state index in [1.54, 1.807) is 12.1 Å². The predicted molar refractivity (Wildman–Crippen MR) is 115 cm³/mol.